The lowest BCUT2D eigenvalue weighted by Crippen LogP contribution is -2.60. The minimum Gasteiger partial charge on any atom is -0.445 e. The van der Waals surface area contributed by atoms with Crippen LogP contribution in [0.5, 0.6) is 0 Å². The number of rotatable bonds is 39. The van der Waals surface area contributed by atoms with E-state index in [1.165, 1.54) is 26.2 Å². The number of Topliss-reactive ketones (excluding diaryl/α,β-unsaturated/α-hetero) is 2. The average Bonchev–Trinajstić information content (AvgIpc) is 1.66. The Morgan fingerprint density at radius 3 is 1.89 bits per heavy atom. The van der Waals surface area contributed by atoms with Crippen molar-refractivity contribution in [3.63, 3.8) is 0 Å². The number of carbonyl (C=O) groups is 13. The molecule has 1 aliphatic carbocycles. The van der Waals surface area contributed by atoms with Crippen LogP contribution in [0.4, 0.5) is 10.5 Å². The van der Waals surface area contributed by atoms with Gasteiger partial charge in [0.15, 0.2) is 11.6 Å². The summed E-state index contributed by atoms with van der Waals surface area (Å²) in [5.41, 5.74) is 1.66. The van der Waals surface area contributed by atoms with Gasteiger partial charge in [0.25, 0.3) is 11.8 Å². The van der Waals surface area contributed by atoms with Gasteiger partial charge in [-0.15, -0.1) is 5.06 Å². The van der Waals surface area contributed by atoms with E-state index < -0.39 is 143 Å². The zero-order chi connectivity index (χ0) is 78.3. The number of hydrogen-bond acceptors (Lipinski definition) is 19. The second-order valence-electron chi connectivity index (χ2n) is 30.0. The highest BCUT2D eigenvalue weighted by Gasteiger charge is 2.45. The topological polar surface area (TPSA) is 364 Å². The van der Waals surface area contributed by atoms with Crippen LogP contribution in [0.15, 0.2) is 65.9 Å². The van der Waals surface area contributed by atoms with E-state index in [0.29, 0.717) is 72.8 Å². The Morgan fingerprint density at radius 2 is 1.31 bits per heavy atom. The molecule has 2 aromatic carbocycles. The predicted molar refractivity (Wildman–Crippen MR) is 391 cm³/mol. The number of imide groups is 1. The first-order valence-corrected chi connectivity index (χ1v) is 36.9. The number of nitrogens with zero attached hydrogens (tertiary/aromatic N) is 4. The monoisotopic (exact) mass is 1470 g/mol. The number of methoxy groups -OCH3 is 2. The Morgan fingerprint density at radius 1 is 0.695 bits per heavy atom. The van der Waals surface area contributed by atoms with Gasteiger partial charge in [-0.05, 0) is 105 Å². The molecule has 28 heteroatoms. The maximum atomic E-state index is 14.9. The number of ether oxygens (including phenoxy) is 3. The number of likely N-dealkylation sites (N-methyl/N-ethyl adjacent to an activating group) is 2. The van der Waals surface area contributed by atoms with Crippen LogP contribution in [0.2, 0.25) is 0 Å². The quantitative estimate of drug-likeness (QED) is 0.0155. The van der Waals surface area contributed by atoms with Gasteiger partial charge in [0.2, 0.25) is 41.4 Å². The second-order valence-corrected chi connectivity index (χ2v) is 30.0. The summed E-state index contributed by atoms with van der Waals surface area (Å²) >= 11 is 0. The fraction of sp³-hybridized carbons (Fsp3) is 0.649. The molecular weight excluding hydrogens is 1350 g/mol. The Labute approximate surface area is 618 Å². The smallest absolute Gasteiger partial charge is 0.410 e. The highest BCUT2D eigenvalue weighted by molar-refractivity contribution is 6.22. The molecule has 28 nitrogen and oxygen atoms in total. The number of nitrogens with one attached hydrogen (secondary N) is 6. The molecular formula is C77H116N10O18. The summed E-state index contributed by atoms with van der Waals surface area (Å²) in [6.07, 6.45) is -0.741. The van der Waals surface area contributed by atoms with E-state index in [9.17, 15) is 67.4 Å². The molecule has 7 N–H and O–H groups in total. The summed E-state index contributed by atoms with van der Waals surface area (Å²) in [6.45, 7) is 23.8. The molecule has 582 valence electrons. The summed E-state index contributed by atoms with van der Waals surface area (Å²) in [7, 11) is 6.06. The summed E-state index contributed by atoms with van der Waals surface area (Å²) in [5.74, 6) is -8.34. The van der Waals surface area contributed by atoms with E-state index in [0.717, 1.165) is 0 Å². The SMILES string of the molecule is CC[C@@H](C)[C@H]([C@H](CC(=O)N1CCC[C@@H]1[C@@H](OC)[C@H](C)C(=O)N[C@@H](C)[C@H](O)c1ccccc1)OC)N(C)C(=O)[C@H](NC(=O)[C@@H](C(C)C)N(C)C(=O)OCc1ccc(NC(=O)[C@@H](CCCCNC(C)=C2C(=O)CC(C)(C)CC2=O)NC(=O)[C@H](NC(=O)CCCC(=O)ON2C(=O)CCC2=O)C(C)C)cc1)C(C)C. The number of anilines is 1. The van der Waals surface area contributed by atoms with Gasteiger partial charge in [-0.3, -0.25) is 57.6 Å². The molecule has 0 aromatic heterocycles. The molecule has 2 aromatic rings. The van der Waals surface area contributed by atoms with E-state index >= 15 is 0 Å². The van der Waals surface area contributed by atoms with Crippen LogP contribution in [0.1, 0.15) is 197 Å². The van der Waals surface area contributed by atoms with Crippen molar-refractivity contribution in [1.29, 1.82) is 0 Å². The first kappa shape index (κ1) is 87.0. The normalized spacial score (nSPS) is 18.4. The number of ketones is 2. The molecule has 1 saturated carbocycles. The average molecular weight is 1470 g/mol. The highest BCUT2D eigenvalue weighted by atomic mass is 16.7. The van der Waals surface area contributed by atoms with Crippen molar-refractivity contribution in [2.45, 2.75) is 247 Å². The number of aliphatic hydroxyl groups is 1. The third-order valence-electron chi connectivity index (χ3n) is 20.1. The van der Waals surface area contributed by atoms with Crippen molar-refractivity contribution in [2.24, 2.45) is 35.0 Å². The number of likely N-dealkylation sites (tertiary alicyclic amines) is 1. The number of amides is 10. The predicted octanol–water partition coefficient (Wildman–Crippen LogP) is 6.91. The van der Waals surface area contributed by atoms with E-state index in [2.05, 4.69) is 31.9 Å². The number of benzene rings is 2. The Balaban J connectivity index is 1.21. The molecule has 0 radical (unpaired) electrons. The molecule has 2 saturated heterocycles. The highest BCUT2D eigenvalue weighted by Crippen LogP contribution is 2.35. The largest absolute Gasteiger partial charge is 0.445 e. The third kappa shape index (κ3) is 24.7. The number of unbranched alkanes of at least 4 members (excludes halogenated alkanes) is 1. The zero-order valence-corrected chi connectivity index (χ0v) is 64.6. The molecule has 3 fully saturated rings. The number of allylic oxidation sites excluding steroid dienone is 2. The molecule has 0 spiro atoms. The van der Waals surface area contributed by atoms with Gasteiger partial charge < -0.3 is 65.9 Å². The lowest BCUT2D eigenvalue weighted by Gasteiger charge is -2.41. The molecule has 105 heavy (non-hydrogen) atoms. The molecule has 2 aliphatic heterocycles. The van der Waals surface area contributed by atoms with E-state index in [1.54, 1.807) is 116 Å². The third-order valence-corrected chi connectivity index (χ3v) is 20.1. The number of hydroxylamine groups is 2. The van der Waals surface area contributed by atoms with Gasteiger partial charge in [-0.2, -0.15) is 0 Å². The molecule has 12 atom stereocenters. The maximum absolute atomic E-state index is 14.9. The van der Waals surface area contributed by atoms with Crippen molar-refractivity contribution >= 4 is 82.5 Å². The number of aliphatic hydroxyl groups excluding tert-OH is 1. The lowest BCUT2D eigenvalue weighted by molar-refractivity contribution is -0.197. The van der Waals surface area contributed by atoms with Gasteiger partial charge in [0.1, 0.15) is 30.8 Å². The molecule has 5 rings (SSSR count). The van der Waals surface area contributed by atoms with Crippen LogP contribution in [0.25, 0.3) is 0 Å². The summed E-state index contributed by atoms with van der Waals surface area (Å²) in [5, 5.41) is 28.8. The van der Waals surface area contributed by atoms with Crippen LogP contribution in [-0.4, -0.2) is 198 Å². The molecule has 2 heterocycles. The fourth-order valence-corrected chi connectivity index (χ4v) is 13.9. The summed E-state index contributed by atoms with van der Waals surface area (Å²) < 4.78 is 17.8. The van der Waals surface area contributed by atoms with E-state index in [4.69, 9.17) is 19.0 Å². The van der Waals surface area contributed by atoms with E-state index in [-0.39, 0.29) is 99.3 Å². The Hall–Kier alpha value is -8.63. The van der Waals surface area contributed by atoms with Gasteiger partial charge in [-0.1, -0.05) is 125 Å². The van der Waals surface area contributed by atoms with Crippen molar-refractivity contribution in [1.82, 2.24) is 46.3 Å². The first-order valence-electron chi connectivity index (χ1n) is 36.9. The van der Waals surface area contributed by atoms with Gasteiger partial charge in [0, 0.05) is 91.3 Å². The van der Waals surface area contributed by atoms with Crippen molar-refractivity contribution in [3.05, 3.63) is 77.0 Å². The minimum atomic E-state index is -1.14. The Bertz CT molecular complexity index is 3360. The Kier molecular flexibility index (Phi) is 33.8. The zero-order valence-electron chi connectivity index (χ0n) is 64.6. The van der Waals surface area contributed by atoms with Gasteiger partial charge in [0.05, 0.1) is 54.3 Å². The molecule has 0 bridgehead atoms. The lowest BCUT2D eigenvalue weighted by atomic mass is 9.73. The van der Waals surface area contributed by atoms with Gasteiger partial charge >= 0.3 is 12.1 Å². The minimum absolute atomic E-state index is 0.0249. The van der Waals surface area contributed by atoms with Crippen molar-refractivity contribution in [3.8, 4) is 0 Å². The van der Waals surface area contributed by atoms with Crippen molar-refractivity contribution in [2.75, 3.05) is 46.7 Å². The van der Waals surface area contributed by atoms with E-state index in [1.807, 2.05) is 45.9 Å². The number of carbonyl (C=O) groups excluding carboxylic acids is 13. The van der Waals surface area contributed by atoms with Crippen LogP contribution in [0, 0.1) is 35.0 Å². The summed E-state index contributed by atoms with van der Waals surface area (Å²) in [4.78, 5) is 184. The maximum Gasteiger partial charge on any atom is 0.410 e. The summed E-state index contributed by atoms with van der Waals surface area (Å²) in [6, 6.07) is 9.26. The standard InChI is InChI=1S/C77H116N10O18/c1-18-47(8)68(58(102-16)40-62(93)86-39-25-29-55(86)70(103-17)48(9)71(96)79-50(11)69(95)52-26-20-19-21-27-52)84(14)75(100)66(45(4)5)83-74(99)67(46(6)7)85(15)76(101)104-43-51-32-34-53(35-33-51)80-72(97)54(28-22-23-38-78-49(10)64-56(88)41-77(12,13)42-57(64)89)81-73(98)65(44(2)3)82-59(90)30-24-31-63(94)105-87-60(91)36-37-61(87)92/h19-21,26-27,32-35,44-48,50,54-55,58,65-70,78,95H,18,22-25,28-31,36-43H2,1-17H3,(H,79,96)(H,80,97)(H,81,98)(H,82,90)(H,83,99)/t47-,48+,50+,54-,55-,58+,65-,66-,67-,68-,69+,70+/m1/s1. The fourth-order valence-electron chi connectivity index (χ4n) is 13.9. The van der Waals surface area contributed by atoms with Gasteiger partial charge in [-0.25, -0.2) is 9.59 Å². The van der Waals surface area contributed by atoms with Crippen LogP contribution >= 0.6 is 0 Å². The molecule has 0 unspecified atom stereocenters. The van der Waals surface area contributed by atoms with Crippen LogP contribution in [0.3, 0.4) is 0 Å². The first-order chi connectivity index (χ1) is 49.5. The molecule has 3 aliphatic rings. The molecule has 10 amide bonds. The van der Waals surface area contributed by atoms with Crippen molar-refractivity contribution < 1.29 is 86.5 Å². The van der Waals surface area contributed by atoms with Crippen LogP contribution in [-0.2, 0) is 83.2 Å². The number of hydrogen-bond donors (Lipinski definition) is 7. The second kappa shape index (κ2) is 40.7. The van der Waals surface area contributed by atoms with Crippen LogP contribution < -0.4 is 31.9 Å².